The van der Waals surface area contributed by atoms with E-state index in [1.807, 2.05) is 24.3 Å². The lowest BCUT2D eigenvalue weighted by Crippen LogP contribution is -2.24. The summed E-state index contributed by atoms with van der Waals surface area (Å²) in [6, 6.07) is 7.99. The van der Waals surface area contributed by atoms with Crippen molar-refractivity contribution >= 4 is 11.6 Å². The maximum absolute atomic E-state index is 8.53. The van der Waals surface area contributed by atoms with Crippen LogP contribution >= 0.6 is 11.6 Å². The molecule has 0 saturated carbocycles. The molecule has 0 aromatic heterocycles. The van der Waals surface area contributed by atoms with Gasteiger partial charge in [0.05, 0.1) is 19.8 Å². The third-order valence-electron chi connectivity index (χ3n) is 2.30. The average Bonchev–Trinajstić information content (AvgIpc) is 2.29. The number of benzene rings is 1. The Hall–Kier alpha value is -0.610. The smallest absolute Gasteiger partial charge is 0.0698 e. The first-order valence-corrected chi connectivity index (χ1v) is 5.80. The van der Waals surface area contributed by atoms with Gasteiger partial charge in [-0.3, -0.25) is 0 Å². The van der Waals surface area contributed by atoms with E-state index in [1.54, 1.807) is 0 Å². The second-order valence-electron chi connectivity index (χ2n) is 3.53. The Bertz CT molecular complexity index is 307. The van der Waals surface area contributed by atoms with Gasteiger partial charge in [0.25, 0.3) is 0 Å². The fourth-order valence-corrected chi connectivity index (χ4v) is 1.75. The van der Waals surface area contributed by atoms with E-state index in [0.29, 0.717) is 13.2 Å². The summed E-state index contributed by atoms with van der Waals surface area (Å²) in [5.74, 6) is 0. The first kappa shape index (κ1) is 13.5. The van der Waals surface area contributed by atoms with Gasteiger partial charge in [0.1, 0.15) is 0 Å². The van der Waals surface area contributed by atoms with E-state index >= 15 is 0 Å². The summed E-state index contributed by atoms with van der Waals surface area (Å²) < 4.78 is 5.15. The van der Waals surface area contributed by atoms with Gasteiger partial charge < -0.3 is 15.2 Å². The predicted molar refractivity (Wildman–Crippen MR) is 65.8 cm³/mol. The summed E-state index contributed by atoms with van der Waals surface area (Å²) in [7, 11) is 0. The number of nitrogens with one attached hydrogen (secondary N) is 1. The summed E-state index contributed by atoms with van der Waals surface area (Å²) in [6.45, 7) is 3.86. The van der Waals surface area contributed by atoms with Gasteiger partial charge in [-0.15, -0.1) is 0 Å². The quantitative estimate of drug-likeness (QED) is 0.720. The molecule has 2 N–H and O–H groups in total. The number of rotatable bonds is 7. The molecule has 3 nitrogen and oxygen atoms in total. The SMILES string of the molecule is CC(NCCOCCO)c1ccccc1Cl. The molecule has 1 atom stereocenters. The molecule has 0 aliphatic heterocycles. The molecule has 0 radical (unpaired) electrons. The van der Waals surface area contributed by atoms with Gasteiger partial charge in [-0.2, -0.15) is 0 Å². The molecule has 0 aliphatic carbocycles. The van der Waals surface area contributed by atoms with Crippen LogP contribution in [0.1, 0.15) is 18.5 Å². The van der Waals surface area contributed by atoms with Crippen molar-refractivity contribution in [1.29, 1.82) is 0 Å². The number of hydrogen-bond acceptors (Lipinski definition) is 3. The van der Waals surface area contributed by atoms with Crippen LogP contribution in [0, 0.1) is 0 Å². The molecule has 0 amide bonds. The fraction of sp³-hybridized carbons (Fsp3) is 0.500. The van der Waals surface area contributed by atoms with E-state index in [9.17, 15) is 0 Å². The Balaban J connectivity index is 2.30. The van der Waals surface area contributed by atoms with E-state index in [1.165, 1.54) is 0 Å². The maximum Gasteiger partial charge on any atom is 0.0698 e. The van der Waals surface area contributed by atoms with Crippen molar-refractivity contribution in [2.75, 3.05) is 26.4 Å². The summed E-state index contributed by atoms with van der Waals surface area (Å²) in [5, 5.41) is 12.6. The normalized spacial score (nSPS) is 12.7. The molecule has 0 saturated heterocycles. The lowest BCUT2D eigenvalue weighted by atomic mass is 10.1. The summed E-state index contributed by atoms with van der Waals surface area (Å²) in [4.78, 5) is 0. The predicted octanol–water partition coefficient (Wildman–Crippen LogP) is 2.00. The van der Waals surface area contributed by atoms with Crippen LogP contribution in [-0.4, -0.2) is 31.5 Å². The molecule has 0 fully saturated rings. The lowest BCUT2D eigenvalue weighted by Gasteiger charge is -2.15. The van der Waals surface area contributed by atoms with Crippen molar-refractivity contribution < 1.29 is 9.84 Å². The average molecular weight is 244 g/mol. The standard InChI is InChI=1S/C12H18ClNO2/c1-10(14-6-8-16-9-7-15)11-4-2-3-5-12(11)13/h2-5,10,14-15H,6-9H2,1H3. The van der Waals surface area contributed by atoms with Crippen molar-refractivity contribution in [3.63, 3.8) is 0 Å². The molecule has 4 heteroatoms. The van der Waals surface area contributed by atoms with Gasteiger partial charge >= 0.3 is 0 Å². The minimum absolute atomic E-state index is 0.0695. The van der Waals surface area contributed by atoms with E-state index in [-0.39, 0.29) is 12.6 Å². The molecule has 1 rings (SSSR count). The largest absolute Gasteiger partial charge is 0.394 e. The molecule has 1 aromatic carbocycles. The van der Waals surface area contributed by atoms with Crippen LogP contribution in [0.2, 0.25) is 5.02 Å². The minimum Gasteiger partial charge on any atom is -0.394 e. The first-order valence-electron chi connectivity index (χ1n) is 5.42. The Morgan fingerprint density at radius 1 is 1.38 bits per heavy atom. The molecule has 16 heavy (non-hydrogen) atoms. The van der Waals surface area contributed by atoms with Crippen LogP contribution in [0.5, 0.6) is 0 Å². The second kappa shape index (κ2) is 7.63. The Morgan fingerprint density at radius 3 is 2.81 bits per heavy atom. The molecule has 1 aromatic rings. The Kier molecular flexibility index (Phi) is 6.42. The topological polar surface area (TPSA) is 41.5 Å². The molecular formula is C12H18ClNO2. The molecule has 0 aliphatic rings. The molecule has 90 valence electrons. The lowest BCUT2D eigenvalue weighted by molar-refractivity contribution is 0.0928. The Labute approximate surface area is 101 Å². The molecule has 0 heterocycles. The van der Waals surface area contributed by atoms with Gasteiger partial charge in [0, 0.05) is 17.6 Å². The van der Waals surface area contributed by atoms with Crippen molar-refractivity contribution in [3.05, 3.63) is 34.9 Å². The molecule has 1 unspecified atom stereocenters. The third-order valence-corrected chi connectivity index (χ3v) is 2.65. The number of halogens is 1. The summed E-state index contributed by atoms with van der Waals surface area (Å²) in [5.41, 5.74) is 1.09. The van der Waals surface area contributed by atoms with Crippen LogP contribution in [0.3, 0.4) is 0 Å². The fourth-order valence-electron chi connectivity index (χ4n) is 1.45. The van der Waals surface area contributed by atoms with Crippen molar-refractivity contribution in [2.24, 2.45) is 0 Å². The zero-order valence-electron chi connectivity index (χ0n) is 9.45. The van der Waals surface area contributed by atoms with Crippen molar-refractivity contribution in [3.8, 4) is 0 Å². The highest BCUT2D eigenvalue weighted by Crippen LogP contribution is 2.21. The third kappa shape index (κ3) is 4.49. The maximum atomic E-state index is 8.53. The second-order valence-corrected chi connectivity index (χ2v) is 3.94. The van der Waals surface area contributed by atoms with E-state index in [0.717, 1.165) is 17.1 Å². The van der Waals surface area contributed by atoms with Crippen LogP contribution < -0.4 is 5.32 Å². The van der Waals surface area contributed by atoms with Crippen LogP contribution in [0.4, 0.5) is 0 Å². The summed E-state index contributed by atoms with van der Waals surface area (Å²) in [6.07, 6.45) is 0. The molecular weight excluding hydrogens is 226 g/mol. The van der Waals surface area contributed by atoms with Gasteiger partial charge in [0.15, 0.2) is 0 Å². The van der Waals surface area contributed by atoms with Crippen LogP contribution in [-0.2, 0) is 4.74 Å². The van der Waals surface area contributed by atoms with Crippen LogP contribution in [0.15, 0.2) is 24.3 Å². The van der Waals surface area contributed by atoms with Gasteiger partial charge in [-0.25, -0.2) is 0 Å². The van der Waals surface area contributed by atoms with E-state index in [2.05, 4.69) is 12.2 Å². The molecule has 0 spiro atoms. The van der Waals surface area contributed by atoms with E-state index in [4.69, 9.17) is 21.4 Å². The van der Waals surface area contributed by atoms with Crippen LogP contribution in [0.25, 0.3) is 0 Å². The van der Waals surface area contributed by atoms with Crippen molar-refractivity contribution in [2.45, 2.75) is 13.0 Å². The number of hydrogen-bond donors (Lipinski definition) is 2. The highest BCUT2D eigenvalue weighted by Gasteiger charge is 2.07. The van der Waals surface area contributed by atoms with Gasteiger partial charge in [0.2, 0.25) is 0 Å². The monoisotopic (exact) mass is 243 g/mol. The minimum atomic E-state index is 0.0695. The Morgan fingerprint density at radius 2 is 2.12 bits per heavy atom. The molecule has 0 bridgehead atoms. The summed E-state index contributed by atoms with van der Waals surface area (Å²) >= 11 is 6.08. The highest BCUT2D eigenvalue weighted by atomic mass is 35.5. The van der Waals surface area contributed by atoms with Gasteiger partial charge in [-0.05, 0) is 18.6 Å². The number of ether oxygens (including phenoxy) is 1. The number of aliphatic hydroxyl groups excluding tert-OH is 1. The zero-order chi connectivity index (χ0) is 11.8. The van der Waals surface area contributed by atoms with Crippen molar-refractivity contribution in [1.82, 2.24) is 5.32 Å². The number of aliphatic hydroxyl groups is 1. The van der Waals surface area contributed by atoms with E-state index < -0.39 is 0 Å². The highest BCUT2D eigenvalue weighted by molar-refractivity contribution is 6.31. The zero-order valence-corrected chi connectivity index (χ0v) is 10.2. The first-order chi connectivity index (χ1) is 7.75. The van der Waals surface area contributed by atoms with Gasteiger partial charge in [-0.1, -0.05) is 29.8 Å².